The van der Waals surface area contributed by atoms with E-state index in [1.165, 1.54) is 4.90 Å². The van der Waals surface area contributed by atoms with Crippen molar-refractivity contribution >= 4 is 29.0 Å². The topological polar surface area (TPSA) is 37.4 Å². The number of aryl methyl sites for hydroxylation is 1. The average molecular weight is 247 g/mol. The second kappa shape index (κ2) is 4.75. The number of amides is 2. The van der Waals surface area contributed by atoms with Crippen molar-refractivity contribution in [3.05, 3.63) is 40.3 Å². The quantitative estimate of drug-likeness (QED) is 0.754. The zero-order chi connectivity index (χ0) is 12.4. The molecule has 0 atom stereocenters. The molecular formula is C13H13NO2S. The Labute approximate surface area is 104 Å². The van der Waals surface area contributed by atoms with Crippen molar-refractivity contribution in [2.45, 2.75) is 13.8 Å². The molecule has 0 saturated carbocycles. The van der Waals surface area contributed by atoms with E-state index in [0.29, 0.717) is 11.4 Å². The standard InChI is InChI=1S/C13H13NO2S/c1-3-14-12(15)11(17-13(14)16)8-10-7-5-4-6-9(10)2/h4-8H,3H2,1-2H3/b11-8+. The summed E-state index contributed by atoms with van der Waals surface area (Å²) in [4.78, 5) is 25.2. The van der Waals surface area contributed by atoms with Crippen LogP contribution in [0.15, 0.2) is 29.2 Å². The van der Waals surface area contributed by atoms with Crippen molar-refractivity contribution < 1.29 is 9.59 Å². The first-order valence-electron chi connectivity index (χ1n) is 5.44. The van der Waals surface area contributed by atoms with Crippen molar-refractivity contribution in [3.63, 3.8) is 0 Å². The van der Waals surface area contributed by atoms with Crippen LogP contribution in [0.5, 0.6) is 0 Å². The number of rotatable bonds is 2. The van der Waals surface area contributed by atoms with Crippen molar-refractivity contribution in [1.82, 2.24) is 4.90 Å². The van der Waals surface area contributed by atoms with Crippen molar-refractivity contribution in [2.24, 2.45) is 0 Å². The van der Waals surface area contributed by atoms with Gasteiger partial charge in [-0.1, -0.05) is 24.3 Å². The fraction of sp³-hybridized carbons (Fsp3) is 0.231. The van der Waals surface area contributed by atoms with Crippen LogP contribution in [0.2, 0.25) is 0 Å². The van der Waals surface area contributed by atoms with Gasteiger partial charge in [-0.2, -0.15) is 0 Å². The average Bonchev–Trinajstić information content (AvgIpc) is 2.57. The summed E-state index contributed by atoms with van der Waals surface area (Å²) in [5.74, 6) is -0.189. The van der Waals surface area contributed by atoms with E-state index in [1.807, 2.05) is 31.2 Å². The van der Waals surface area contributed by atoms with Crippen LogP contribution in [0, 0.1) is 6.92 Å². The molecule has 1 aromatic carbocycles. The fourth-order valence-electron chi connectivity index (χ4n) is 1.66. The Balaban J connectivity index is 2.34. The van der Waals surface area contributed by atoms with E-state index < -0.39 is 0 Å². The molecule has 1 aromatic rings. The van der Waals surface area contributed by atoms with Gasteiger partial charge in [0.05, 0.1) is 4.91 Å². The molecule has 0 spiro atoms. The number of hydrogen-bond donors (Lipinski definition) is 0. The molecule has 0 bridgehead atoms. The van der Waals surface area contributed by atoms with Gasteiger partial charge in [0.1, 0.15) is 0 Å². The summed E-state index contributed by atoms with van der Waals surface area (Å²) in [6, 6.07) is 7.79. The molecule has 2 rings (SSSR count). The summed E-state index contributed by atoms with van der Waals surface area (Å²) in [5, 5.41) is -0.183. The summed E-state index contributed by atoms with van der Waals surface area (Å²) in [6.45, 7) is 4.21. The van der Waals surface area contributed by atoms with Crippen molar-refractivity contribution in [3.8, 4) is 0 Å². The van der Waals surface area contributed by atoms with Gasteiger partial charge in [-0.25, -0.2) is 0 Å². The molecule has 0 radical (unpaired) electrons. The van der Waals surface area contributed by atoms with Crippen LogP contribution in [-0.4, -0.2) is 22.6 Å². The summed E-state index contributed by atoms with van der Waals surface area (Å²) in [5.41, 5.74) is 2.07. The maximum absolute atomic E-state index is 11.9. The van der Waals surface area contributed by atoms with Crippen LogP contribution in [0.3, 0.4) is 0 Å². The number of thioether (sulfide) groups is 1. The Hall–Kier alpha value is -1.55. The highest BCUT2D eigenvalue weighted by Crippen LogP contribution is 2.32. The molecule has 17 heavy (non-hydrogen) atoms. The first-order valence-corrected chi connectivity index (χ1v) is 6.26. The first kappa shape index (κ1) is 11.9. The van der Waals surface area contributed by atoms with Gasteiger partial charge in [0, 0.05) is 6.54 Å². The number of imide groups is 1. The van der Waals surface area contributed by atoms with Gasteiger partial charge in [-0.15, -0.1) is 0 Å². The molecule has 4 heteroatoms. The lowest BCUT2D eigenvalue weighted by Crippen LogP contribution is -2.27. The molecule has 1 aliphatic heterocycles. The smallest absolute Gasteiger partial charge is 0.269 e. The molecule has 0 aromatic heterocycles. The van der Waals surface area contributed by atoms with Crippen LogP contribution in [0.4, 0.5) is 4.79 Å². The number of carbonyl (C=O) groups is 2. The van der Waals surface area contributed by atoms with Crippen LogP contribution in [0.1, 0.15) is 18.1 Å². The lowest BCUT2D eigenvalue weighted by Gasteiger charge is -2.07. The minimum atomic E-state index is -0.189. The molecule has 0 unspecified atom stereocenters. The third-order valence-corrected chi connectivity index (χ3v) is 3.57. The Morgan fingerprint density at radius 1 is 1.29 bits per heavy atom. The molecule has 0 N–H and O–H groups in total. The highest BCUT2D eigenvalue weighted by molar-refractivity contribution is 8.18. The maximum Gasteiger partial charge on any atom is 0.293 e. The van der Waals surface area contributed by atoms with E-state index >= 15 is 0 Å². The zero-order valence-corrected chi connectivity index (χ0v) is 10.6. The van der Waals surface area contributed by atoms with E-state index in [0.717, 1.165) is 22.9 Å². The van der Waals surface area contributed by atoms with E-state index in [1.54, 1.807) is 13.0 Å². The predicted molar refractivity (Wildman–Crippen MR) is 69.5 cm³/mol. The van der Waals surface area contributed by atoms with E-state index in [4.69, 9.17) is 0 Å². The normalized spacial score (nSPS) is 18.2. The summed E-state index contributed by atoms with van der Waals surface area (Å²) < 4.78 is 0. The van der Waals surface area contributed by atoms with Gasteiger partial charge in [-0.3, -0.25) is 14.5 Å². The van der Waals surface area contributed by atoms with Gasteiger partial charge in [-0.05, 0) is 42.8 Å². The van der Waals surface area contributed by atoms with Crippen LogP contribution in [0.25, 0.3) is 6.08 Å². The molecule has 2 amide bonds. The molecule has 88 valence electrons. The molecular weight excluding hydrogens is 234 g/mol. The minimum Gasteiger partial charge on any atom is -0.269 e. The van der Waals surface area contributed by atoms with Gasteiger partial charge >= 0.3 is 0 Å². The SMILES string of the molecule is CCN1C(=O)S/C(=C/c2ccccc2C)C1=O. The molecule has 1 heterocycles. The van der Waals surface area contributed by atoms with E-state index in [2.05, 4.69) is 0 Å². The summed E-state index contributed by atoms with van der Waals surface area (Å²) >= 11 is 1.01. The van der Waals surface area contributed by atoms with Crippen LogP contribution < -0.4 is 0 Å². The van der Waals surface area contributed by atoms with Crippen molar-refractivity contribution in [2.75, 3.05) is 6.54 Å². The number of carbonyl (C=O) groups excluding carboxylic acids is 2. The number of hydrogen-bond acceptors (Lipinski definition) is 3. The monoisotopic (exact) mass is 247 g/mol. The van der Waals surface area contributed by atoms with Gasteiger partial charge in [0.25, 0.3) is 11.1 Å². The predicted octanol–water partition coefficient (Wildman–Crippen LogP) is 3.05. The molecule has 0 aliphatic carbocycles. The second-order valence-electron chi connectivity index (χ2n) is 3.78. The lowest BCUT2D eigenvalue weighted by molar-refractivity contribution is -0.122. The summed E-state index contributed by atoms with van der Waals surface area (Å²) in [6.07, 6.45) is 1.79. The number of nitrogens with zero attached hydrogens (tertiary/aromatic N) is 1. The third kappa shape index (κ3) is 2.26. The second-order valence-corrected chi connectivity index (χ2v) is 4.78. The Kier molecular flexibility index (Phi) is 3.33. The van der Waals surface area contributed by atoms with Crippen LogP contribution in [-0.2, 0) is 4.79 Å². The largest absolute Gasteiger partial charge is 0.293 e. The van der Waals surface area contributed by atoms with Crippen LogP contribution >= 0.6 is 11.8 Å². The molecule has 1 aliphatic rings. The molecule has 1 fully saturated rings. The maximum atomic E-state index is 11.9. The van der Waals surface area contributed by atoms with Gasteiger partial charge in [0.15, 0.2) is 0 Å². The zero-order valence-electron chi connectivity index (χ0n) is 9.77. The minimum absolute atomic E-state index is 0.183. The third-order valence-electron chi connectivity index (χ3n) is 2.66. The molecule has 1 saturated heterocycles. The highest BCUT2D eigenvalue weighted by Gasteiger charge is 2.33. The highest BCUT2D eigenvalue weighted by atomic mass is 32.2. The Morgan fingerprint density at radius 3 is 2.59 bits per heavy atom. The summed E-state index contributed by atoms with van der Waals surface area (Å²) in [7, 11) is 0. The fourth-order valence-corrected chi connectivity index (χ4v) is 2.56. The Morgan fingerprint density at radius 2 is 2.00 bits per heavy atom. The lowest BCUT2D eigenvalue weighted by atomic mass is 10.1. The van der Waals surface area contributed by atoms with Gasteiger partial charge < -0.3 is 0 Å². The van der Waals surface area contributed by atoms with E-state index in [-0.39, 0.29) is 11.1 Å². The first-order chi connectivity index (χ1) is 8.13. The van der Waals surface area contributed by atoms with Gasteiger partial charge in [0.2, 0.25) is 0 Å². The molecule has 3 nitrogen and oxygen atoms in total. The number of likely N-dealkylation sites (N-methyl/N-ethyl adjacent to an activating group) is 1. The van der Waals surface area contributed by atoms with E-state index in [9.17, 15) is 9.59 Å². The Bertz CT molecular complexity index is 508. The number of benzene rings is 1. The van der Waals surface area contributed by atoms with Crippen molar-refractivity contribution in [1.29, 1.82) is 0 Å².